The number of aryl methyl sites for hydroxylation is 1. The van der Waals surface area contributed by atoms with Gasteiger partial charge in [-0.3, -0.25) is 9.48 Å². The third kappa shape index (κ3) is 3.70. The lowest BCUT2D eigenvalue weighted by molar-refractivity contribution is -0.125. The number of aromatic nitrogens is 6. The van der Waals surface area contributed by atoms with E-state index in [1.807, 2.05) is 7.05 Å². The molecule has 1 fully saturated rings. The van der Waals surface area contributed by atoms with E-state index in [-0.39, 0.29) is 24.7 Å². The molecule has 1 aliphatic rings. The number of amides is 1. The highest BCUT2D eigenvalue weighted by atomic mass is 19.1. The van der Waals surface area contributed by atoms with Crippen LogP contribution in [-0.4, -0.2) is 55.2 Å². The van der Waals surface area contributed by atoms with Crippen molar-refractivity contribution in [2.45, 2.75) is 6.54 Å². The van der Waals surface area contributed by atoms with Crippen LogP contribution in [0.3, 0.4) is 0 Å². The third-order valence-corrected chi connectivity index (χ3v) is 4.99. The standard InChI is InChI=1S/C20H19FN8O2/c1-27-11-15(9-23-27)25-20-22-7-14-8-24-29(19(14)26-20)10-13-3-2-4-16(18(13)21)28-5-6-31-12-17(28)30/h2-4,7-9,11H,5-6,10,12H2,1H3,(H,22,25,26). The van der Waals surface area contributed by atoms with Gasteiger partial charge >= 0.3 is 0 Å². The molecular formula is C20H19FN8O2. The lowest BCUT2D eigenvalue weighted by atomic mass is 10.1. The van der Waals surface area contributed by atoms with Crippen LogP contribution in [0.1, 0.15) is 5.56 Å². The van der Waals surface area contributed by atoms with Crippen LogP contribution < -0.4 is 10.2 Å². The van der Waals surface area contributed by atoms with Gasteiger partial charge in [0.1, 0.15) is 6.61 Å². The highest BCUT2D eigenvalue weighted by Crippen LogP contribution is 2.25. The van der Waals surface area contributed by atoms with Gasteiger partial charge in [-0.2, -0.15) is 15.2 Å². The monoisotopic (exact) mass is 422 g/mol. The fourth-order valence-electron chi connectivity index (χ4n) is 3.49. The van der Waals surface area contributed by atoms with Crippen molar-refractivity contribution in [3.63, 3.8) is 0 Å². The second-order valence-electron chi connectivity index (χ2n) is 7.15. The summed E-state index contributed by atoms with van der Waals surface area (Å²) in [4.78, 5) is 22.4. The molecule has 11 heteroatoms. The highest BCUT2D eigenvalue weighted by Gasteiger charge is 2.24. The van der Waals surface area contributed by atoms with Gasteiger partial charge in [0.05, 0.1) is 42.3 Å². The Hall–Kier alpha value is -3.86. The Morgan fingerprint density at radius 2 is 2.13 bits per heavy atom. The highest BCUT2D eigenvalue weighted by molar-refractivity contribution is 5.95. The van der Waals surface area contributed by atoms with E-state index in [1.54, 1.807) is 52.4 Å². The van der Waals surface area contributed by atoms with E-state index in [1.165, 1.54) is 4.90 Å². The number of benzene rings is 1. The minimum Gasteiger partial charge on any atom is -0.370 e. The molecule has 0 saturated carbocycles. The van der Waals surface area contributed by atoms with Crippen molar-refractivity contribution in [1.29, 1.82) is 0 Å². The molecule has 0 unspecified atom stereocenters. The molecule has 1 amide bonds. The molecule has 3 aromatic heterocycles. The number of morpholine rings is 1. The van der Waals surface area contributed by atoms with Gasteiger partial charge in [0, 0.05) is 31.5 Å². The molecule has 10 nitrogen and oxygen atoms in total. The zero-order valence-electron chi connectivity index (χ0n) is 16.7. The summed E-state index contributed by atoms with van der Waals surface area (Å²) in [7, 11) is 1.82. The first-order valence-electron chi connectivity index (χ1n) is 9.68. The number of nitrogens with zero attached hydrogens (tertiary/aromatic N) is 7. The summed E-state index contributed by atoms with van der Waals surface area (Å²) in [5, 5.41) is 12.3. The van der Waals surface area contributed by atoms with E-state index in [2.05, 4.69) is 25.5 Å². The van der Waals surface area contributed by atoms with Gasteiger partial charge in [-0.05, 0) is 6.07 Å². The zero-order valence-corrected chi connectivity index (χ0v) is 16.7. The molecule has 158 valence electrons. The number of hydrogen-bond acceptors (Lipinski definition) is 7. The Balaban J connectivity index is 1.44. The van der Waals surface area contributed by atoms with Crippen molar-refractivity contribution in [1.82, 2.24) is 29.5 Å². The predicted molar refractivity (Wildman–Crippen MR) is 110 cm³/mol. The minimum atomic E-state index is -0.454. The summed E-state index contributed by atoms with van der Waals surface area (Å²) in [6.45, 7) is 0.811. The number of anilines is 3. The molecule has 5 rings (SSSR count). The molecule has 0 radical (unpaired) electrons. The van der Waals surface area contributed by atoms with Crippen LogP contribution in [-0.2, 0) is 23.1 Å². The van der Waals surface area contributed by atoms with Crippen LogP contribution in [0.5, 0.6) is 0 Å². The van der Waals surface area contributed by atoms with E-state index in [9.17, 15) is 4.79 Å². The van der Waals surface area contributed by atoms with Gasteiger partial charge in [0.2, 0.25) is 5.95 Å². The number of carbonyl (C=O) groups is 1. The number of halogens is 1. The maximum Gasteiger partial charge on any atom is 0.253 e. The van der Waals surface area contributed by atoms with E-state index in [0.717, 1.165) is 11.1 Å². The molecular weight excluding hydrogens is 403 g/mol. The molecule has 0 aliphatic carbocycles. The topological polar surface area (TPSA) is 103 Å². The summed E-state index contributed by atoms with van der Waals surface area (Å²) < 4.78 is 23.7. The number of nitrogens with one attached hydrogen (secondary N) is 1. The van der Waals surface area contributed by atoms with E-state index in [4.69, 9.17) is 4.74 Å². The van der Waals surface area contributed by atoms with Crippen LogP contribution in [0.15, 0.2) is 43.0 Å². The van der Waals surface area contributed by atoms with Crippen molar-refractivity contribution >= 4 is 34.3 Å². The second-order valence-corrected chi connectivity index (χ2v) is 7.15. The fraction of sp³-hybridized carbons (Fsp3) is 0.250. The Morgan fingerprint density at radius 3 is 2.94 bits per heavy atom. The van der Waals surface area contributed by atoms with Gasteiger partial charge in [0.15, 0.2) is 11.5 Å². The Bertz CT molecular complexity index is 1270. The SMILES string of the molecule is Cn1cc(Nc2ncc3cnn(Cc4cccc(N5CCOCC5=O)c4F)c3n2)cn1. The number of fused-ring (bicyclic) bond motifs is 1. The zero-order chi connectivity index (χ0) is 21.4. The molecule has 1 N–H and O–H groups in total. The Kier molecular flexibility index (Phi) is 4.79. The molecule has 1 aliphatic heterocycles. The van der Waals surface area contributed by atoms with E-state index < -0.39 is 5.82 Å². The maximum atomic E-state index is 15.3. The van der Waals surface area contributed by atoms with Crippen molar-refractivity contribution in [2.24, 2.45) is 7.05 Å². The van der Waals surface area contributed by atoms with Crippen molar-refractivity contribution in [3.8, 4) is 0 Å². The molecule has 1 saturated heterocycles. The molecule has 0 bridgehead atoms. The van der Waals surface area contributed by atoms with Crippen molar-refractivity contribution in [2.75, 3.05) is 30.0 Å². The largest absolute Gasteiger partial charge is 0.370 e. The van der Waals surface area contributed by atoms with Crippen molar-refractivity contribution < 1.29 is 13.9 Å². The first-order chi connectivity index (χ1) is 15.1. The molecule has 1 aromatic carbocycles. The third-order valence-electron chi connectivity index (χ3n) is 4.99. The molecule has 4 heterocycles. The molecule has 31 heavy (non-hydrogen) atoms. The summed E-state index contributed by atoms with van der Waals surface area (Å²) in [6, 6.07) is 5.00. The van der Waals surface area contributed by atoms with Crippen molar-refractivity contribution in [3.05, 3.63) is 54.4 Å². The van der Waals surface area contributed by atoms with Gasteiger partial charge in [-0.1, -0.05) is 12.1 Å². The predicted octanol–water partition coefficient (Wildman–Crippen LogP) is 1.85. The second kappa shape index (κ2) is 7.76. The van der Waals surface area contributed by atoms with Gasteiger partial charge in [0.25, 0.3) is 5.91 Å². The van der Waals surface area contributed by atoms with Crippen LogP contribution in [0.25, 0.3) is 11.0 Å². The van der Waals surface area contributed by atoms with Gasteiger partial charge in [-0.15, -0.1) is 0 Å². The van der Waals surface area contributed by atoms with Gasteiger partial charge in [-0.25, -0.2) is 14.1 Å². The lowest BCUT2D eigenvalue weighted by Gasteiger charge is -2.27. The summed E-state index contributed by atoms with van der Waals surface area (Å²) in [6.07, 6.45) is 6.76. The van der Waals surface area contributed by atoms with Crippen LogP contribution in [0, 0.1) is 5.82 Å². The number of ether oxygens (including phenoxy) is 1. The quantitative estimate of drug-likeness (QED) is 0.524. The summed E-state index contributed by atoms with van der Waals surface area (Å²) in [5.41, 5.74) is 1.97. The number of rotatable bonds is 5. The van der Waals surface area contributed by atoms with Crippen LogP contribution in [0.4, 0.5) is 21.7 Å². The number of carbonyl (C=O) groups excluding carboxylic acids is 1. The smallest absolute Gasteiger partial charge is 0.253 e. The lowest BCUT2D eigenvalue weighted by Crippen LogP contribution is -2.42. The summed E-state index contributed by atoms with van der Waals surface area (Å²) >= 11 is 0. The van der Waals surface area contributed by atoms with Crippen LogP contribution in [0.2, 0.25) is 0 Å². The van der Waals surface area contributed by atoms with Crippen LogP contribution >= 0.6 is 0 Å². The molecule has 4 aromatic rings. The number of hydrogen-bond donors (Lipinski definition) is 1. The average Bonchev–Trinajstić information content (AvgIpc) is 3.36. The van der Waals surface area contributed by atoms with E-state index in [0.29, 0.717) is 30.3 Å². The molecule has 0 atom stereocenters. The average molecular weight is 422 g/mol. The van der Waals surface area contributed by atoms with E-state index >= 15 is 4.39 Å². The maximum absolute atomic E-state index is 15.3. The summed E-state index contributed by atoms with van der Waals surface area (Å²) in [5.74, 6) is -0.328. The van der Waals surface area contributed by atoms with Gasteiger partial charge < -0.3 is 15.0 Å². The fourth-order valence-corrected chi connectivity index (χ4v) is 3.49. The normalized spacial score (nSPS) is 14.4. The Labute approximate surface area is 176 Å². The first-order valence-corrected chi connectivity index (χ1v) is 9.68. The molecule has 0 spiro atoms. The Morgan fingerprint density at radius 1 is 1.23 bits per heavy atom. The first kappa shape index (κ1) is 19.1. The minimum absolute atomic E-state index is 0.0446.